The summed E-state index contributed by atoms with van der Waals surface area (Å²) >= 11 is 9.51. The van der Waals surface area contributed by atoms with Gasteiger partial charge in [0.25, 0.3) is 0 Å². The predicted molar refractivity (Wildman–Crippen MR) is 77.7 cm³/mol. The first-order valence-corrected chi connectivity index (χ1v) is 6.99. The van der Waals surface area contributed by atoms with Gasteiger partial charge in [0, 0.05) is 40.9 Å². The smallest absolute Gasteiger partial charge is 0.110 e. The number of hydrogen-bond donors (Lipinski definition) is 1. The first-order chi connectivity index (χ1) is 8.61. The minimum atomic E-state index is -0.120. The molecular weight excluding hydrogens is 314 g/mol. The van der Waals surface area contributed by atoms with Gasteiger partial charge in [-0.25, -0.2) is 4.98 Å². The molecule has 96 valence electrons. The molecule has 1 aromatic carbocycles. The number of benzene rings is 1. The lowest BCUT2D eigenvalue weighted by molar-refractivity contribution is 0.627. The summed E-state index contributed by atoms with van der Waals surface area (Å²) in [5, 5.41) is 0.697. The van der Waals surface area contributed by atoms with Gasteiger partial charge in [0.15, 0.2) is 0 Å². The second-order valence-electron chi connectivity index (χ2n) is 4.11. The van der Waals surface area contributed by atoms with Crippen LogP contribution in [0.5, 0.6) is 0 Å². The monoisotopic (exact) mass is 327 g/mol. The van der Waals surface area contributed by atoms with Crippen molar-refractivity contribution in [2.45, 2.75) is 25.9 Å². The first-order valence-electron chi connectivity index (χ1n) is 5.82. The number of nitrogens with two attached hydrogens (primary N) is 1. The SMILES string of the molecule is CCn1ccnc1CC(N)c1cc(Cl)ccc1Br. The fourth-order valence-corrected chi connectivity index (χ4v) is 2.64. The van der Waals surface area contributed by atoms with Crippen molar-refractivity contribution in [3.8, 4) is 0 Å². The Morgan fingerprint density at radius 2 is 2.28 bits per heavy atom. The second kappa shape index (κ2) is 5.87. The average molecular weight is 329 g/mol. The van der Waals surface area contributed by atoms with Crippen LogP contribution in [0, 0.1) is 0 Å². The molecule has 2 N–H and O–H groups in total. The lowest BCUT2D eigenvalue weighted by Crippen LogP contribution is -2.16. The molecule has 0 aliphatic rings. The standard InChI is InChI=1S/C13H15BrClN3/c1-2-18-6-5-17-13(18)8-12(16)10-7-9(15)3-4-11(10)14/h3-7,12H,2,8,16H2,1H3. The third-order valence-electron chi connectivity index (χ3n) is 2.90. The van der Waals surface area contributed by atoms with Crippen molar-refractivity contribution >= 4 is 27.5 Å². The Hall–Kier alpha value is -0.840. The maximum Gasteiger partial charge on any atom is 0.110 e. The molecule has 18 heavy (non-hydrogen) atoms. The van der Waals surface area contributed by atoms with Gasteiger partial charge in [0.05, 0.1) is 0 Å². The predicted octanol–water partition coefficient (Wildman–Crippen LogP) is 3.56. The molecule has 1 aromatic heterocycles. The van der Waals surface area contributed by atoms with Crippen molar-refractivity contribution in [3.05, 3.63) is 51.5 Å². The summed E-state index contributed by atoms with van der Waals surface area (Å²) in [5.41, 5.74) is 7.25. The zero-order valence-electron chi connectivity index (χ0n) is 10.1. The summed E-state index contributed by atoms with van der Waals surface area (Å²) in [6.45, 7) is 2.99. The Labute approximate surface area is 120 Å². The number of nitrogens with zero attached hydrogens (tertiary/aromatic N) is 2. The fourth-order valence-electron chi connectivity index (χ4n) is 1.92. The van der Waals surface area contributed by atoms with Crippen LogP contribution in [0.1, 0.15) is 24.4 Å². The normalized spacial score (nSPS) is 12.7. The maximum absolute atomic E-state index is 6.24. The fraction of sp³-hybridized carbons (Fsp3) is 0.308. The zero-order valence-corrected chi connectivity index (χ0v) is 12.4. The third-order valence-corrected chi connectivity index (χ3v) is 3.86. The van der Waals surface area contributed by atoms with E-state index in [1.165, 1.54) is 0 Å². The molecule has 0 bridgehead atoms. The number of hydrogen-bond acceptors (Lipinski definition) is 2. The highest BCUT2D eigenvalue weighted by Crippen LogP contribution is 2.27. The Balaban J connectivity index is 2.21. The van der Waals surface area contributed by atoms with Gasteiger partial charge in [-0.2, -0.15) is 0 Å². The van der Waals surface area contributed by atoms with Gasteiger partial charge in [-0.05, 0) is 30.7 Å². The van der Waals surface area contributed by atoms with E-state index in [-0.39, 0.29) is 6.04 Å². The van der Waals surface area contributed by atoms with Crippen LogP contribution in [0.25, 0.3) is 0 Å². The Bertz CT molecular complexity index is 539. The third kappa shape index (κ3) is 2.94. The first kappa shape index (κ1) is 13.6. The minimum Gasteiger partial charge on any atom is -0.335 e. The van der Waals surface area contributed by atoms with E-state index in [0.29, 0.717) is 11.4 Å². The molecule has 0 amide bonds. The Morgan fingerprint density at radius 3 is 3.00 bits per heavy atom. The molecule has 0 radical (unpaired) electrons. The molecule has 0 aliphatic heterocycles. The molecule has 0 spiro atoms. The molecule has 5 heteroatoms. The van der Waals surface area contributed by atoms with Gasteiger partial charge in [0.2, 0.25) is 0 Å². The van der Waals surface area contributed by atoms with E-state index < -0.39 is 0 Å². The quantitative estimate of drug-likeness (QED) is 0.932. The van der Waals surface area contributed by atoms with E-state index in [1.807, 2.05) is 24.4 Å². The molecule has 2 rings (SSSR count). The van der Waals surface area contributed by atoms with Crippen LogP contribution in [0.3, 0.4) is 0 Å². The highest BCUT2D eigenvalue weighted by Gasteiger charge is 2.14. The molecule has 1 atom stereocenters. The Morgan fingerprint density at radius 1 is 1.50 bits per heavy atom. The summed E-state index contributed by atoms with van der Waals surface area (Å²) in [6, 6.07) is 5.54. The van der Waals surface area contributed by atoms with Crippen molar-refractivity contribution in [2.24, 2.45) is 5.73 Å². The number of imidazole rings is 1. The molecule has 1 heterocycles. The Kier molecular flexibility index (Phi) is 4.43. The highest BCUT2D eigenvalue weighted by molar-refractivity contribution is 9.10. The molecule has 0 fully saturated rings. The van der Waals surface area contributed by atoms with Gasteiger partial charge in [-0.1, -0.05) is 27.5 Å². The van der Waals surface area contributed by atoms with Crippen molar-refractivity contribution < 1.29 is 0 Å². The summed E-state index contributed by atoms with van der Waals surface area (Å²) in [5.74, 6) is 0.997. The summed E-state index contributed by atoms with van der Waals surface area (Å²) < 4.78 is 3.08. The summed E-state index contributed by atoms with van der Waals surface area (Å²) in [4.78, 5) is 4.34. The van der Waals surface area contributed by atoms with E-state index in [1.54, 1.807) is 6.20 Å². The van der Waals surface area contributed by atoms with Gasteiger partial charge in [-0.15, -0.1) is 0 Å². The van der Waals surface area contributed by atoms with E-state index in [9.17, 15) is 0 Å². The van der Waals surface area contributed by atoms with Crippen LogP contribution in [0.2, 0.25) is 5.02 Å². The number of aromatic nitrogens is 2. The molecule has 0 saturated heterocycles. The lowest BCUT2D eigenvalue weighted by atomic mass is 10.0. The topological polar surface area (TPSA) is 43.8 Å². The maximum atomic E-state index is 6.24. The van der Waals surface area contributed by atoms with Crippen LogP contribution < -0.4 is 5.73 Å². The number of rotatable bonds is 4. The molecule has 1 unspecified atom stereocenters. The van der Waals surface area contributed by atoms with E-state index in [0.717, 1.165) is 22.4 Å². The molecule has 0 saturated carbocycles. The van der Waals surface area contributed by atoms with Gasteiger partial charge in [-0.3, -0.25) is 0 Å². The molecular formula is C13H15BrClN3. The van der Waals surface area contributed by atoms with Gasteiger partial charge < -0.3 is 10.3 Å². The second-order valence-corrected chi connectivity index (χ2v) is 5.40. The minimum absolute atomic E-state index is 0.120. The molecule has 3 nitrogen and oxygen atoms in total. The summed E-state index contributed by atoms with van der Waals surface area (Å²) in [6.07, 6.45) is 4.47. The molecule has 0 aliphatic carbocycles. The lowest BCUT2D eigenvalue weighted by Gasteiger charge is -2.14. The van der Waals surface area contributed by atoms with Crippen molar-refractivity contribution in [1.82, 2.24) is 9.55 Å². The van der Waals surface area contributed by atoms with Crippen LogP contribution in [-0.2, 0) is 13.0 Å². The van der Waals surface area contributed by atoms with E-state index >= 15 is 0 Å². The summed E-state index contributed by atoms with van der Waals surface area (Å²) in [7, 11) is 0. The average Bonchev–Trinajstić information content (AvgIpc) is 2.79. The van der Waals surface area contributed by atoms with E-state index in [2.05, 4.69) is 32.4 Å². The number of halogens is 2. The highest BCUT2D eigenvalue weighted by atomic mass is 79.9. The van der Waals surface area contributed by atoms with Gasteiger partial charge >= 0.3 is 0 Å². The van der Waals surface area contributed by atoms with Crippen molar-refractivity contribution in [3.63, 3.8) is 0 Å². The largest absolute Gasteiger partial charge is 0.335 e. The van der Waals surface area contributed by atoms with Gasteiger partial charge in [0.1, 0.15) is 5.82 Å². The van der Waals surface area contributed by atoms with Crippen LogP contribution in [0.4, 0.5) is 0 Å². The van der Waals surface area contributed by atoms with Crippen molar-refractivity contribution in [1.29, 1.82) is 0 Å². The van der Waals surface area contributed by atoms with Crippen LogP contribution in [0.15, 0.2) is 35.1 Å². The van der Waals surface area contributed by atoms with Crippen molar-refractivity contribution in [2.75, 3.05) is 0 Å². The van der Waals surface area contributed by atoms with E-state index in [4.69, 9.17) is 17.3 Å². The zero-order chi connectivity index (χ0) is 13.1. The van der Waals surface area contributed by atoms with Crippen LogP contribution >= 0.6 is 27.5 Å². The van der Waals surface area contributed by atoms with Crippen LogP contribution in [-0.4, -0.2) is 9.55 Å². The molecule has 2 aromatic rings. The number of aryl methyl sites for hydroxylation is 1.